The number of nitrogens with zero attached hydrogens (tertiary/aromatic N) is 1. The van der Waals surface area contributed by atoms with Gasteiger partial charge in [0.2, 0.25) is 0 Å². The van der Waals surface area contributed by atoms with E-state index in [2.05, 4.69) is 0 Å². The van der Waals surface area contributed by atoms with Crippen molar-refractivity contribution >= 4 is 25.6 Å². The minimum absolute atomic E-state index is 0.0154. The van der Waals surface area contributed by atoms with Gasteiger partial charge in [-0.05, 0) is 37.1 Å². The summed E-state index contributed by atoms with van der Waals surface area (Å²) in [5, 5.41) is 0. The Bertz CT molecular complexity index is 546. The van der Waals surface area contributed by atoms with Crippen LogP contribution in [0.4, 0.5) is 0 Å². The molecule has 0 spiro atoms. The molecule has 0 atom stereocenters. The summed E-state index contributed by atoms with van der Waals surface area (Å²) >= 11 is 0. The molecule has 1 saturated heterocycles. The molecular weight excluding hydrogens is 286 g/mol. The van der Waals surface area contributed by atoms with Crippen molar-refractivity contribution in [2.45, 2.75) is 30.6 Å². The molecule has 1 heterocycles. The standard InChI is InChI=1S/C13H16ClNO3S/c14-19(17,18)12-7-5-11(6-8-12)13(16)15-9-3-1-2-4-10-15/h5-8H,1-4,9-10H2. The predicted octanol–water partition coefficient (Wildman–Crippen LogP) is 2.63. The second-order valence-electron chi connectivity index (χ2n) is 4.67. The summed E-state index contributed by atoms with van der Waals surface area (Å²) in [6.45, 7) is 1.54. The van der Waals surface area contributed by atoms with Crippen molar-refractivity contribution in [3.63, 3.8) is 0 Å². The van der Waals surface area contributed by atoms with E-state index >= 15 is 0 Å². The molecule has 0 aromatic heterocycles. The van der Waals surface area contributed by atoms with Gasteiger partial charge < -0.3 is 4.90 Å². The molecule has 1 amide bonds. The van der Waals surface area contributed by atoms with Gasteiger partial charge in [0.1, 0.15) is 0 Å². The van der Waals surface area contributed by atoms with E-state index in [1.54, 1.807) is 0 Å². The first-order valence-corrected chi connectivity index (χ1v) is 8.63. The summed E-state index contributed by atoms with van der Waals surface area (Å²) in [4.78, 5) is 14.1. The zero-order valence-electron chi connectivity index (χ0n) is 10.5. The SMILES string of the molecule is O=C(c1ccc(S(=O)(=O)Cl)cc1)N1CCCCCC1. The van der Waals surface area contributed by atoms with E-state index in [1.165, 1.54) is 24.3 Å². The third-order valence-corrected chi connectivity index (χ3v) is 4.65. The molecule has 2 rings (SSSR count). The van der Waals surface area contributed by atoms with Crippen LogP contribution in [0.3, 0.4) is 0 Å². The normalized spacial score (nSPS) is 17.0. The summed E-state index contributed by atoms with van der Waals surface area (Å²) in [5.74, 6) is -0.0413. The zero-order chi connectivity index (χ0) is 13.9. The Hall–Kier alpha value is -1.07. The fourth-order valence-electron chi connectivity index (χ4n) is 2.22. The van der Waals surface area contributed by atoms with Crippen LogP contribution in [0, 0.1) is 0 Å². The average Bonchev–Trinajstić information content (AvgIpc) is 2.66. The highest BCUT2D eigenvalue weighted by Crippen LogP contribution is 2.17. The Balaban J connectivity index is 2.15. The van der Waals surface area contributed by atoms with Crippen molar-refractivity contribution in [1.82, 2.24) is 4.90 Å². The zero-order valence-corrected chi connectivity index (χ0v) is 12.1. The molecule has 19 heavy (non-hydrogen) atoms. The fourth-order valence-corrected chi connectivity index (χ4v) is 2.99. The molecule has 0 bridgehead atoms. The van der Waals surface area contributed by atoms with E-state index < -0.39 is 9.05 Å². The molecule has 1 aromatic carbocycles. The first-order chi connectivity index (χ1) is 8.98. The van der Waals surface area contributed by atoms with E-state index in [0.717, 1.165) is 38.8 Å². The van der Waals surface area contributed by atoms with Crippen LogP contribution in [-0.4, -0.2) is 32.3 Å². The average molecular weight is 302 g/mol. The van der Waals surface area contributed by atoms with Crippen molar-refractivity contribution in [2.24, 2.45) is 0 Å². The van der Waals surface area contributed by atoms with Crippen LogP contribution in [-0.2, 0) is 9.05 Å². The molecule has 6 heteroatoms. The first kappa shape index (κ1) is 14.3. The monoisotopic (exact) mass is 301 g/mol. The van der Waals surface area contributed by atoms with Crippen LogP contribution in [0.15, 0.2) is 29.2 Å². The van der Waals surface area contributed by atoms with Gasteiger partial charge in [-0.3, -0.25) is 4.79 Å². The van der Waals surface area contributed by atoms with Gasteiger partial charge in [0, 0.05) is 29.3 Å². The highest BCUT2D eigenvalue weighted by Gasteiger charge is 2.18. The summed E-state index contributed by atoms with van der Waals surface area (Å²) in [6, 6.07) is 5.77. The molecule has 104 valence electrons. The quantitative estimate of drug-likeness (QED) is 0.789. The van der Waals surface area contributed by atoms with Gasteiger partial charge in [0.25, 0.3) is 15.0 Å². The molecule has 0 unspecified atom stereocenters. The van der Waals surface area contributed by atoms with Gasteiger partial charge in [-0.1, -0.05) is 12.8 Å². The first-order valence-electron chi connectivity index (χ1n) is 6.32. The summed E-state index contributed by atoms with van der Waals surface area (Å²) in [6.07, 6.45) is 4.38. The molecule has 0 radical (unpaired) electrons. The molecule has 1 aliphatic rings. The van der Waals surface area contributed by atoms with Crippen molar-refractivity contribution in [3.8, 4) is 0 Å². The highest BCUT2D eigenvalue weighted by atomic mass is 35.7. The number of hydrogen-bond donors (Lipinski definition) is 0. The maximum Gasteiger partial charge on any atom is 0.261 e. The largest absolute Gasteiger partial charge is 0.339 e. The van der Waals surface area contributed by atoms with Gasteiger partial charge in [0.15, 0.2) is 0 Å². The van der Waals surface area contributed by atoms with E-state index in [9.17, 15) is 13.2 Å². The van der Waals surface area contributed by atoms with Gasteiger partial charge in [-0.15, -0.1) is 0 Å². The molecule has 1 fully saturated rings. The number of hydrogen-bond acceptors (Lipinski definition) is 3. The van der Waals surface area contributed by atoms with Crippen LogP contribution >= 0.6 is 10.7 Å². The van der Waals surface area contributed by atoms with E-state index in [4.69, 9.17) is 10.7 Å². The van der Waals surface area contributed by atoms with Crippen LogP contribution in [0.2, 0.25) is 0 Å². The number of carbonyl (C=O) groups excluding carboxylic acids is 1. The van der Waals surface area contributed by atoms with Crippen molar-refractivity contribution < 1.29 is 13.2 Å². The molecule has 1 aromatic rings. The number of rotatable bonds is 2. The Morgan fingerprint density at radius 3 is 2.00 bits per heavy atom. The Kier molecular flexibility index (Phi) is 4.47. The van der Waals surface area contributed by atoms with Crippen LogP contribution in [0.1, 0.15) is 36.0 Å². The van der Waals surface area contributed by atoms with Crippen molar-refractivity contribution in [3.05, 3.63) is 29.8 Å². The molecule has 0 saturated carbocycles. The summed E-state index contributed by atoms with van der Waals surface area (Å²) < 4.78 is 22.3. The lowest BCUT2D eigenvalue weighted by Gasteiger charge is -2.20. The third-order valence-electron chi connectivity index (χ3n) is 3.28. The second-order valence-corrected chi connectivity index (χ2v) is 7.23. The lowest BCUT2D eigenvalue weighted by molar-refractivity contribution is 0.0761. The van der Waals surface area contributed by atoms with Gasteiger partial charge in [-0.25, -0.2) is 8.42 Å². The number of carbonyl (C=O) groups is 1. The summed E-state index contributed by atoms with van der Waals surface area (Å²) in [7, 11) is 1.51. The number of amides is 1. The highest BCUT2D eigenvalue weighted by molar-refractivity contribution is 8.13. The Morgan fingerprint density at radius 2 is 1.53 bits per heavy atom. The molecule has 0 aliphatic carbocycles. The number of halogens is 1. The van der Waals surface area contributed by atoms with E-state index in [-0.39, 0.29) is 10.8 Å². The topological polar surface area (TPSA) is 54.5 Å². The lowest BCUT2D eigenvalue weighted by Crippen LogP contribution is -2.31. The Labute approximate surface area is 117 Å². The minimum Gasteiger partial charge on any atom is -0.339 e. The van der Waals surface area contributed by atoms with Gasteiger partial charge >= 0.3 is 0 Å². The molecule has 4 nitrogen and oxygen atoms in total. The van der Waals surface area contributed by atoms with Crippen LogP contribution in [0.5, 0.6) is 0 Å². The fraction of sp³-hybridized carbons (Fsp3) is 0.462. The van der Waals surface area contributed by atoms with Crippen LogP contribution < -0.4 is 0 Å². The minimum atomic E-state index is -3.73. The smallest absolute Gasteiger partial charge is 0.261 e. The predicted molar refractivity (Wildman–Crippen MR) is 73.9 cm³/mol. The molecular formula is C13H16ClNO3S. The van der Waals surface area contributed by atoms with Crippen LogP contribution in [0.25, 0.3) is 0 Å². The summed E-state index contributed by atoms with van der Waals surface area (Å²) in [5.41, 5.74) is 0.506. The van der Waals surface area contributed by atoms with Gasteiger partial charge in [0.05, 0.1) is 4.90 Å². The molecule has 0 N–H and O–H groups in total. The maximum atomic E-state index is 12.3. The number of likely N-dealkylation sites (tertiary alicyclic amines) is 1. The van der Waals surface area contributed by atoms with Crippen molar-refractivity contribution in [2.75, 3.05) is 13.1 Å². The number of benzene rings is 1. The van der Waals surface area contributed by atoms with E-state index in [1.807, 2.05) is 4.90 Å². The van der Waals surface area contributed by atoms with E-state index in [0.29, 0.717) is 5.56 Å². The molecule has 1 aliphatic heterocycles. The maximum absolute atomic E-state index is 12.3. The van der Waals surface area contributed by atoms with Gasteiger partial charge in [-0.2, -0.15) is 0 Å². The second kappa shape index (κ2) is 5.92. The lowest BCUT2D eigenvalue weighted by atomic mass is 10.2. The Morgan fingerprint density at radius 1 is 1.00 bits per heavy atom. The third kappa shape index (κ3) is 3.70. The van der Waals surface area contributed by atoms with Crippen molar-refractivity contribution in [1.29, 1.82) is 0 Å².